The van der Waals surface area contributed by atoms with Gasteiger partial charge in [-0.2, -0.15) is 0 Å². The van der Waals surface area contributed by atoms with Gasteiger partial charge in [0.15, 0.2) is 0 Å². The van der Waals surface area contributed by atoms with E-state index in [9.17, 15) is 4.79 Å². The predicted molar refractivity (Wildman–Crippen MR) is 83.8 cm³/mol. The fourth-order valence-corrected chi connectivity index (χ4v) is 1.97. The van der Waals surface area contributed by atoms with Crippen molar-refractivity contribution >= 4 is 5.91 Å². The minimum atomic E-state index is -0.118. The molecule has 1 aromatic carbocycles. The Bertz CT molecular complexity index is 626. The smallest absolute Gasteiger partial charge is 0.253 e. The molecule has 0 unspecified atom stereocenters. The van der Waals surface area contributed by atoms with Crippen LogP contribution in [-0.4, -0.2) is 41.1 Å². The van der Waals surface area contributed by atoms with Gasteiger partial charge in [0, 0.05) is 24.8 Å². The zero-order valence-corrected chi connectivity index (χ0v) is 12.8. The third-order valence-electron chi connectivity index (χ3n) is 3.25. The third-order valence-corrected chi connectivity index (χ3v) is 3.25. The molecular weight excluding hydrogens is 280 g/mol. The highest BCUT2D eigenvalue weighted by atomic mass is 16.5. The molecule has 22 heavy (non-hydrogen) atoms. The Morgan fingerprint density at radius 2 is 2.14 bits per heavy atom. The quantitative estimate of drug-likeness (QED) is 0.886. The van der Waals surface area contributed by atoms with Gasteiger partial charge in [-0.1, -0.05) is 12.1 Å². The molecule has 116 valence electrons. The standard InChI is InChI=1S/C17H20N2O3/c1-13-6-7-16(11-18-13)22-12-14-4-3-5-15(10-14)17(21)19(2)8-9-20/h3-7,10-11,20H,8-9,12H2,1-2H3. The van der Waals surface area contributed by atoms with Crippen molar-refractivity contribution in [3.05, 3.63) is 59.4 Å². The number of ether oxygens (including phenoxy) is 1. The van der Waals surface area contributed by atoms with E-state index < -0.39 is 0 Å². The maximum Gasteiger partial charge on any atom is 0.253 e. The van der Waals surface area contributed by atoms with Crippen LogP contribution in [0.5, 0.6) is 5.75 Å². The summed E-state index contributed by atoms with van der Waals surface area (Å²) in [4.78, 5) is 17.8. The van der Waals surface area contributed by atoms with Gasteiger partial charge in [-0.25, -0.2) is 0 Å². The minimum absolute atomic E-state index is 0.0501. The van der Waals surface area contributed by atoms with Crippen LogP contribution < -0.4 is 4.74 Å². The first kappa shape index (κ1) is 16.0. The average molecular weight is 300 g/mol. The van der Waals surface area contributed by atoms with Crippen molar-refractivity contribution in [3.63, 3.8) is 0 Å². The lowest BCUT2D eigenvalue weighted by atomic mass is 10.1. The number of aliphatic hydroxyl groups is 1. The van der Waals surface area contributed by atoms with Gasteiger partial charge in [-0.3, -0.25) is 9.78 Å². The first-order valence-corrected chi connectivity index (χ1v) is 7.11. The third kappa shape index (κ3) is 4.30. The monoisotopic (exact) mass is 300 g/mol. The van der Waals surface area contributed by atoms with E-state index in [2.05, 4.69) is 4.98 Å². The molecule has 1 heterocycles. The van der Waals surface area contributed by atoms with Crippen LogP contribution in [0.25, 0.3) is 0 Å². The fraction of sp³-hybridized carbons (Fsp3) is 0.294. The molecular formula is C17H20N2O3. The maximum absolute atomic E-state index is 12.2. The number of aryl methyl sites for hydroxylation is 1. The second-order valence-electron chi connectivity index (χ2n) is 5.07. The van der Waals surface area contributed by atoms with Crippen LogP contribution >= 0.6 is 0 Å². The van der Waals surface area contributed by atoms with Crippen LogP contribution in [-0.2, 0) is 6.61 Å². The van der Waals surface area contributed by atoms with Gasteiger partial charge in [0.25, 0.3) is 5.91 Å². The van der Waals surface area contributed by atoms with E-state index in [1.807, 2.05) is 31.2 Å². The molecule has 0 aliphatic rings. The van der Waals surface area contributed by atoms with E-state index in [0.29, 0.717) is 24.5 Å². The summed E-state index contributed by atoms with van der Waals surface area (Å²) in [7, 11) is 1.67. The molecule has 0 bridgehead atoms. The lowest BCUT2D eigenvalue weighted by Crippen LogP contribution is -2.29. The Morgan fingerprint density at radius 1 is 1.32 bits per heavy atom. The first-order chi connectivity index (χ1) is 10.6. The number of rotatable bonds is 6. The number of aromatic nitrogens is 1. The summed E-state index contributed by atoms with van der Waals surface area (Å²) in [5.41, 5.74) is 2.43. The van der Waals surface area contributed by atoms with E-state index >= 15 is 0 Å². The summed E-state index contributed by atoms with van der Waals surface area (Å²) >= 11 is 0. The molecule has 1 aromatic heterocycles. The van der Waals surface area contributed by atoms with E-state index in [1.54, 1.807) is 25.4 Å². The van der Waals surface area contributed by atoms with Crippen molar-refractivity contribution < 1.29 is 14.6 Å². The number of pyridine rings is 1. The number of carbonyl (C=O) groups is 1. The molecule has 0 spiro atoms. The molecule has 0 radical (unpaired) electrons. The van der Waals surface area contributed by atoms with Crippen molar-refractivity contribution in [1.82, 2.24) is 9.88 Å². The molecule has 5 nitrogen and oxygen atoms in total. The predicted octanol–water partition coefficient (Wildman–Crippen LogP) is 2.03. The van der Waals surface area contributed by atoms with Crippen LogP contribution in [0.4, 0.5) is 0 Å². The summed E-state index contributed by atoms with van der Waals surface area (Å²) < 4.78 is 5.66. The van der Waals surface area contributed by atoms with E-state index in [-0.39, 0.29) is 12.5 Å². The van der Waals surface area contributed by atoms with Crippen molar-refractivity contribution in [1.29, 1.82) is 0 Å². The molecule has 0 fully saturated rings. The van der Waals surface area contributed by atoms with Crippen molar-refractivity contribution in [2.24, 2.45) is 0 Å². The maximum atomic E-state index is 12.2. The van der Waals surface area contributed by atoms with E-state index in [1.165, 1.54) is 4.90 Å². The SMILES string of the molecule is Cc1ccc(OCc2cccc(C(=O)N(C)CCO)c2)cn1. The number of hydrogen-bond acceptors (Lipinski definition) is 4. The molecule has 1 amide bonds. The zero-order chi connectivity index (χ0) is 15.9. The van der Waals surface area contributed by atoms with E-state index in [4.69, 9.17) is 9.84 Å². The lowest BCUT2D eigenvalue weighted by Gasteiger charge is -2.16. The Labute approximate surface area is 130 Å². The molecule has 0 aliphatic heterocycles. The molecule has 2 aromatic rings. The lowest BCUT2D eigenvalue weighted by molar-refractivity contribution is 0.0767. The Kier molecular flexibility index (Phi) is 5.49. The molecule has 2 rings (SSSR count). The van der Waals surface area contributed by atoms with Gasteiger partial charge in [0.05, 0.1) is 12.8 Å². The van der Waals surface area contributed by atoms with Crippen LogP contribution in [0.15, 0.2) is 42.6 Å². The number of nitrogens with zero attached hydrogens (tertiary/aromatic N) is 2. The minimum Gasteiger partial charge on any atom is -0.487 e. The van der Waals surface area contributed by atoms with Crippen LogP contribution in [0, 0.1) is 6.92 Å². The summed E-state index contributed by atoms with van der Waals surface area (Å²) in [6.07, 6.45) is 1.68. The average Bonchev–Trinajstić information content (AvgIpc) is 2.54. The van der Waals surface area contributed by atoms with Gasteiger partial charge in [0.2, 0.25) is 0 Å². The summed E-state index contributed by atoms with van der Waals surface area (Å²) in [5, 5.41) is 8.90. The highest BCUT2D eigenvalue weighted by molar-refractivity contribution is 5.94. The number of likely N-dealkylation sites (N-methyl/N-ethyl adjacent to an activating group) is 1. The number of aliphatic hydroxyl groups excluding tert-OH is 1. The van der Waals surface area contributed by atoms with Gasteiger partial charge in [0.1, 0.15) is 12.4 Å². The summed E-state index contributed by atoms with van der Waals surface area (Å²) in [6, 6.07) is 11.0. The second kappa shape index (κ2) is 7.56. The van der Waals surface area contributed by atoms with Crippen molar-refractivity contribution in [3.8, 4) is 5.75 Å². The number of benzene rings is 1. The molecule has 0 saturated carbocycles. The van der Waals surface area contributed by atoms with Crippen molar-refractivity contribution in [2.45, 2.75) is 13.5 Å². The van der Waals surface area contributed by atoms with Gasteiger partial charge in [-0.05, 0) is 36.8 Å². The van der Waals surface area contributed by atoms with Crippen LogP contribution in [0.3, 0.4) is 0 Å². The first-order valence-electron chi connectivity index (χ1n) is 7.11. The second-order valence-corrected chi connectivity index (χ2v) is 5.07. The highest BCUT2D eigenvalue weighted by Gasteiger charge is 2.11. The normalized spacial score (nSPS) is 10.3. The molecule has 1 N–H and O–H groups in total. The Hall–Kier alpha value is -2.40. The number of carbonyl (C=O) groups excluding carboxylic acids is 1. The van der Waals surface area contributed by atoms with Gasteiger partial charge >= 0.3 is 0 Å². The van der Waals surface area contributed by atoms with Crippen LogP contribution in [0.2, 0.25) is 0 Å². The fourth-order valence-electron chi connectivity index (χ4n) is 1.97. The Balaban J connectivity index is 2.02. The molecule has 0 aliphatic carbocycles. The number of hydrogen-bond donors (Lipinski definition) is 1. The largest absolute Gasteiger partial charge is 0.487 e. The van der Waals surface area contributed by atoms with Gasteiger partial charge < -0.3 is 14.7 Å². The zero-order valence-electron chi connectivity index (χ0n) is 12.8. The van der Waals surface area contributed by atoms with Crippen molar-refractivity contribution in [2.75, 3.05) is 20.2 Å². The topological polar surface area (TPSA) is 62.7 Å². The number of amides is 1. The highest BCUT2D eigenvalue weighted by Crippen LogP contribution is 2.13. The Morgan fingerprint density at radius 3 is 2.82 bits per heavy atom. The molecule has 0 saturated heterocycles. The summed E-state index contributed by atoms with van der Waals surface area (Å²) in [5.74, 6) is 0.577. The van der Waals surface area contributed by atoms with Crippen LogP contribution in [0.1, 0.15) is 21.6 Å². The van der Waals surface area contributed by atoms with E-state index in [0.717, 1.165) is 11.3 Å². The van der Waals surface area contributed by atoms with Gasteiger partial charge in [-0.15, -0.1) is 0 Å². The molecule has 5 heteroatoms. The summed E-state index contributed by atoms with van der Waals surface area (Å²) in [6.45, 7) is 2.55. The molecule has 0 atom stereocenters.